The molecule has 0 spiro atoms. The van der Waals surface area contributed by atoms with Gasteiger partial charge in [0.25, 0.3) is 0 Å². The van der Waals surface area contributed by atoms with Crippen LogP contribution in [0.3, 0.4) is 0 Å². The number of rotatable bonds is 13. The van der Waals surface area contributed by atoms with Gasteiger partial charge in [0.1, 0.15) is 43.3 Å². The van der Waals surface area contributed by atoms with Crippen molar-refractivity contribution < 1.29 is 28.9 Å². The highest BCUT2D eigenvalue weighted by molar-refractivity contribution is 6.01. The standard InChI is InChI=1S/C28H31NO6/c1-20(2)35-27-17-25(15-11-23(27)12-16-28(30)31)33-18-21-9-13-24(14-10-21)34-19-26(29-32-3)22-7-5-4-6-8-22/h4-11,13-15,17,20H,12,16,18-19H2,1-3H3,(H,30,31)/b29-26+. The molecule has 0 heterocycles. The molecule has 7 heteroatoms. The van der Waals surface area contributed by atoms with Crippen LogP contribution in [0, 0.1) is 0 Å². The van der Waals surface area contributed by atoms with E-state index in [0.29, 0.717) is 36.0 Å². The lowest BCUT2D eigenvalue weighted by molar-refractivity contribution is -0.136. The predicted molar refractivity (Wildman–Crippen MR) is 134 cm³/mol. The summed E-state index contributed by atoms with van der Waals surface area (Å²) in [5.74, 6) is 1.18. The Bertz CT molecular complexity index is 1110. The van der Waals surface area contributed by atoms with Crippen molar-refractivity contribution in [2.24, 2.45) is 5.16 Å². The second-order valence-electron chi connectivity index (χ2n) is 8.14. The Morgan fingerprint density at radius 1 is 0.943 bits per heavy atom. The molecule has 0 aliphatic rings. The minimum absolute atomic E-state index is 0.0299. The van der Waals surface area contributed by atoms with E-state index >= 15 is 0 Å². The number of aryl methyl sites for hydroxylation is 1. The minimum atomic E-state index is -0.837. The molecule has 0 radical (unpaired) electrons. The van der Waals surface area contributed by atoms with Gasteiger partial charge in [0.2, 0.25) is 0 Å². The van der Waals surface area contributed by atoms with Crippen molar-refractivity contribution in [2.75, 3.05) is 13.7 Å². The first-order chi connectivity index (χ1) is 16.9. The molecule has 0 saturated carbocycles. The number of oxime groups is 1. The fourth-order valence-electron chi connectivity index (χ4n) is 3.34. The summed E-state index contributed by atoms with van der Waals surface area (Å²) in [6.07, 6.45) is 0.422. The van der Waals surface area contributed by atoms with E-state index < -0.39 is 5.97 Å². The average Bonchev–Trinajstić information content (AvgIpc) is 2.85. The minimum Gasteiger partial charge on any atom is -0.491 e. The lowest BCUT2D eigenvalue weighted by Crippen LogP contribution is -2.13. The first-order valence-corrected chi connectivity index (χ1v) is 11.5. The zero-order valence-electron chi connectivity index (χ0n) is 20.3. The molecule has 0 atom stereocenters. The summed E-state index contributed by atoms with van der Waals surface area (Å²) in [6.45, 7) is 4.51. The molecule has 3 rings (SSSR count). The van der Waals surface area contributed by atoms with E-state index in [1.54, 1.807) is 0 Å². The van der Waals surface area contributed by atoms with Gasteiger partial charge in [-0.2, -0.15) is 0 Å². The van der Waals surface area contributed by atoms with Gasteiger partial charge in [0.05, 0.1) is 6.10 Å². The van der Waals surface area contributed by atoms with Crippen LogP contribution in [0.2, 0.25) is 0 Å². The molecular formula is C28H31NO6. The number of hydrogen-bond acceptors (Lipinski definition) is 6. The van der Waals surface area contributed by atoms with Crippen LogP contribution in [0.5, 0.6) is 17.2 Å². The van der Waals surface area contributed by atoms with Gasteiger partial charge in [-0.15, -0.1) is 0 Å². The van der Waals surface area contributed by atoms with Crippen molar-refractivity contribution >= 4 is 11.7 Å². The van der Waals surface area contributed by atoms with Gasteiger partial charge in [-0.25, -0.2) is 0 Å². The van der Waals surface area contributed by atoms with Crippen molar-refractivity contribution in [3.05, 3.63) is 89.5 Å². The molecule has 35 heavy (non-hydrogen) atoms. The topological polar surface area (TPSA) is 86.6 Å². The van der Waals surface area contributed by atoms with Gasteiger partial charge >= 0.3 is 5.97 Å². The Morgan fingerprint density at radius 3 is 2.31 bits per heavy atom. The summed E-state index contributed by atoms with van der Waals surface area (Å²) in [5.41, 5.74) is 3.47. The number of carboxylic acids is 1. The zero-order valence-corrected chi connectivity index (χ0v) is 20.3. The largest absolute Gasteiger partial charge is 0.491 e. The maximum absolute atomic E-state index is 10.9. The lowest BCUT2D eigenvalue weighted by atomic mass is 10.1. The van der Waals surface area contributed by atoms with Crippen molar-refractivity contribution in [3.8, 4) is 17.2 Å². The Hall–Kier alpha value is -4.00. The quantitative estimate of drug-likeness (QED) is 0.258. The molecule has 0 aliphatic carbocycles. The monoisotopic (exact) mass is 477 g/mol. The highest BCUT2D eigenvalue weighted by Gasteiger charge is 2.11. The maximum Gasteiger partial charge on any atom is 0.303 e. The molecule has 0 amide bonds. The van der Waals surface area contributed by atoms with Crippen LogP contribution in [-0.4, -0.2) is 36.6 Å². The molecule has 0 unspecified atom stereocenters. The van der Waals surface area contributed by atoms with E-state index in [1.165, 1.54) is 7.11 Å². The van der Waals surface area contributed by atoms with Gasteiger partial charge in [-0.3, -0.25) is 4.79 Å². The van der Waals surface area contributed by atoms with Gasteiger partial charge in [-0.1, -0.05) is 53.7 Å². The molecule has 0 aromatic heterocycles. The molecule has 0 fully saturated rings. The number of carbonyl (C=O) groups is 1. The third-order valence-electron chi connectivity index (χ3n) is 5.02. The smallest absolute Gasteiger partial charge is 0.303 e. The van der Waals surface area contributed by atoms with Gasteiger partial charge in [-0.05, 0) is 49.6 Å². The molecule has 0 bridgehead atoms. The normalized spacial score (nSPS) is 11.3. The van der Waals surface area contributed by atoms with Gasteiger partial charge in [0.15, 0.2) is 0 Å². The third-order valence-corrected chi connectivity index (χ3v) is 5.02. The van der Waals surface area contributed by atoms with Crippen LogP contribution in [-0.2, 0) is 22.7 Å². The molecule has 1 N–H and O–H groups in total. The van der Waals surface area contributed by atoms with Crippen molar-refractivity contribution in [1.29, 1.82) is 0 Å². The summed E-state index contributed by atoms with van der Waals surface area (Å²) in [5, 5.41) is 13.1. The first kappa shape index (κ1) is 25.6. The molecule has 184 valence electrons. The van der Waals surface area contributed by atoms with Crippen molar-refractivity contribution in [3.63, 3.8) is 0 Å². The van der Waals surface area contributed by atoms with Crippen molar-refractivity contribution in [2.45, 2.75) is 39.4 Å². The first-order valence-electron chi connectivity index (χ1n) is 11.5. The van der Waals surface area contributed by atoms with Crippen LogP contribution in [0.4, 0.5) is 0 Å². The Labute approximate surface area is 205 Å². The third kappa shape index (κ3) is 8.37. The van der Waals surface area contributed by atoms with E-state index in [-0.39, 0.29) is 19.1 Å². The highest BCUT2D eigenvalue weighted by atomic mass is 16.6. The number of hydrogen-bond donors (Lipinski definition) is 1. The number of ether oxygens (including phenoxy) is 3. The van der Waals surface area contributed by atoms with E-state index in [2.05, 4.69) is 5.16 Å². The van der Waals surface area contributed by atoms with Crippen molar-refractivity contribution in [1.82, 2.24) is 0 Å². The lowest BCUT2D eigenvalue weighted by Gasteiger charge is -2.16. The number of benzene rings is 3. The SMILES string of the molecule is CO/N=C(\COc1ccc(COc2ccc(CCC(=O)O)c(OC(C)C)c2)cc1)c1ccccc1. The Morgan fingerprint density at radius 2 is 1.66 bits per heavy atom. The van der Waals surface area contributed by atoms with E-state index in [0.717, 1.165) is 16.7 Å². The summed E-state index contributed by atoms with van der Waals surface area (Å²) in [4.78, 5) is 15.9. The van der Waals surface area contributed by atoms with Crippen LogP contribution in [0.1, 0.15) is 37.0 Å². The van der Waals surface area contributed by atoms with Gasteiger partial charge in [0, 0.05) is 18.1 Å². The Kier molecular flexibility index (Phi) is 9.54. The second-order valence-corrected chi connectivity index (χ2v) is 8.14. The van der Waals surface area contributed by atoms with Crippen LogP contribution >= 0.6 is 0 Å². The summed E-state index contributed by atoms with van der Waals surface area (Å²) >= 11 is 0. The fraction of sp³-hybridized carbons (Fsp3) is 0.286. The number of nitrogens with zero attached hydrogens (tertiary/aromatic N) is 1. The molecular weight excluding hydrogens is 446 g/mol. The van der Waals surface area contributed by atoms with E-state index in [9.17, 15) is 4.79 Å². The summed E-state index contributed by atoms with van der Waals surface area (Å²) in [7, 11) is 1.51. The highest BCUT2D eigenvalue weighted by Crippen LogP contribution is 2.28. The summed E-state index contributed by atoms with van der Waals surface area (Å²) < 4.78 is 17.7. The fourth-order valence-corrected chi connectivity index (χ4v) is 3.34. The molecule has 3 aromatic carbocycles. The summed E-state index contributed by atoms with van der Waals surface area (Å²) in [6, 6.07) is 22.9. The molecule has 3 aromatic rings. The van der Waals surface area contributed by atoms with E-state index in [1.807, 2.05) is 86.6 Å². The molecule has 7 nitrogen and oxygen atoms in total. The molecule has 0 aliphatic heterocycles. The average molecular weight is 478 g/mol. The molecule has 0 saturated heterocycles. The zero-order chi connectivity index (χ0) is 25.0. The number of aliphatic carboxylic acids is 1. The van der Waals surface area contributed by atoms with Crippen LogP contribution < -0.4 is 14.2 Å². The van der Waals surface area contributed by atoms with Crippen LogP contribution in [0.25, 0.3) is 0 Å². The maximum atomic E-state index is 10.9. The Balaban J connectivity index is 1.58. The second kappa shape index (κ2) is 13.0. The van der Waals surface area contributed by atoms with Gasteiger partial charge < -0.3 is 24.2 Å². The predicted octanol–water partition coefficient (Wildman–Crippen LogP) is 5.50. The van der Waals surface area contributed by atoms with E-state index in [4.69, 9.17) is 24.2 Å². The van der Waals surface area contributed by atoms with Crippen LogP contribution in [0.15, 0.2) is 78.0 Å². The number of carboxylic acid groups (broad SMARTS) is 1.